The van der Waals surface area contributed by atoms with Crippen LogP contribution in [0, 0.1) is 23.0 Å². The number of nitriles is 1. The van der Waals surface area contributed by atoms with Gasteiger partial charge in [0.2, 0.25) is 5.82 Å². The maximum Gasteiger partial charge on any atom is 0.200 e. The van der Waals surface area contributed by atoms with Gasteiger partial charge in [0.15, 0.2) is 11.6 Å². The number of hydrogen-bond donors (Lipinski definition) is 1. The summed E-state index contributed by atoms with van der Waals surface area (Å²) in [7, 11) is 1.72. The van der Waals surface area contributed by atoms with E-state index >= 15 is 0 Å². The molecule has 1 N–H and O–H groups in total. The molecule has 1 saturated carbocycles. The second-order valence-electron chi connectivity index (χ2n) is 4.48. The van der Waals surface area contributed by atoms with Gasteiger partial charge in [-0.15, -0.1) is 0 Å². The third-order valence-electron chi connectivity index (χ3n) is 3.37. The zero-order valence-corrected chi connectivity index (χ0v) is 10.0. The van der Waals surface area contributed by atoms with Crippen LogP contribution in [-0.4, -0.2) is 18.7 Å². The van der Waals surface area contributed by atoms with E-state index in [1.807, 2.05) is 0 Å². The van der Waals surface area contributed by atoms with Crippen LogP contribution in [0.15, 0.2) is 18.2 Å². The predicted molar refractivity (Wildman–Crippen MR) is 62.0 cm³/mol. The standard InChI is InChI=1S/C13H14F2N2O/c1-17-13(8-16)6-5-9(7-13)18-11-4-2-3-10(14)12(11)15/h2-4,9,17H,5-7H2,1H3. The lowest BCUT2D eigenvalue weighted by Crippen LogP contribution is -2.39. The molecule has 3 nitrogen and oxygen atoms in total. The topological polar surface area (TPSA) is 45.0 Å². The number of hydrogen-bond acceptors (Lipinski definition) is 3. The Kier molecular flexibility index (Phi) is 3.48. The largest absolute Gasteiger partial charge is 0.487 e. The first-order chi connectivity index (χ1) is 8.60. The van der Waals surface area contributed by atoms with Crippen LogP contribution in [0.3, 0.4) is 0 Å². The molecule has 18 heavy (non-hydrogen) atoms. The molecule has 0 aliphatic heterocycles. The summed E-state index contributed by atoms with van der Waals surface area (Å²) in [6, 6.07) is 6.05. The van der Waals surface area contributed by atoms with Crippen LogP contribution in [0.1, 0.15) is 19.3 Å². The Labute approximate surface area is 104 Å². The van der Waals surface area contributed by atoms with Gasteiger partial charge >= 0.3 is 0 Å². The van der Waals surface area contributed by atoms with Gasteiger partial charge in [-0.05, 0) is 32.0 Å². The Morgan fingerprint density at radius 2 is 2.28 bits per heavy atom. The highest BCUT2D eigenvalue weighted by Gasteiger charge is 2.39. The fourth-order valence-electron chi connectivity index (χ4n) is 2.24. The molecule has 0 aromatic heterocycles. The van der Waals surface area contributed by atoms with Gasteiger partial charge in [0, 0.05) is 6.42 Å². The molecule has 1 aromatic rings. The van der Waals surface area contributed by atoms with Crippen LogP contribution >= 0.6 is 0 Å². The van der Waals surface area contributed by atoms with Crippen LogP contribution in [0.4, 0.5) is 8.78 Å². The summed E-state index contributed by atoms with van der Waals surface area (Å²) in [5.74, 6) is -1.99. The van der Waals surface area contributed by atoms with Crippen molar-refractivity contribution in [1.82, 2.24) is 5.32 Å². The number of benzene rings is 1. The molecule has 0 saturated heterocycles. The van der Waals surface area contributed by atoms with E-state index in [4.69, 9.17) is 10.00 Å². The molecule has 2 atom stereocenters. The molecule has 1 aromatic carbocycles. The van der Waals surface area contributed by atoms with E-state index in [0.717, 1.165) is 6.07 Å². The van der Waals surface area contributed by atoms with E-state index in [1.165, 1.54) is 12.1 Å². The fourth-order valence-corrected chi connectivity index (χ4v) is 2.24. The normalized spacial score (nSPS) is 26.9. The van der Waals surface area contributed by atoms with Crippen LogP contribution in [-0.2, 0) is 0 Å². The summed E-state index contributed by atoms with van der Waals surface area (Å²) < 4.78 is 31.9. The van der Waals surface area contributed by atoms with Gasteiger partial charge in [0.05, 0.1) is 6.07 Å². The summed E-state index contributed by atoms with van der Waals surface area (Å²) in [5.41, 5.74) is -0.617. The van der Waals surface area contributed by atoms with Crippen LogP contribution in [0.25, 0.3) is 0 Å². The molecule has 1 aliphatic carbocycles. The first kappa shape index (κ1) is 12.8. The van der Waals surface area contributed by atoms with Crippen LogP contribution in [0.5, 0.6) is 5.75 Å². The molecule has 0 radical (unpaired) electrons. The molecule has 1 aliphatic rings. The second kappa shape index (κ2) is 4.91. The summed E-state index contributed by atoms with van der Waals surface area (Å²) in [5, 5.41) is 12.1. The van der Waals surface area contributed by atoms with E-state index in [1.54, 1.807) is 7.05 Å². The van der Waals surface area contributed by atoms with Gasteiger partial charge in [-0.25, -0.2) is 4.39 Å². The Morgan fingerprint density at radius 3 is 2.89 bits per heavy atom. The molecule has 96 valence electrons. The minimum absolute atomic E-state index is 0.0927. The van der Waals surface area contributed by atoms with Crippen LogP contribution < -0.4 is 10.1 Å². The monoisotopic (exact) mass is 252 g/mol. The number of halogens is 2. The number of nitrogens with zero attached hydrogens (tertiary/aromatic N) is 1. The van der Waals surface area contributed by atoms with E-state index in [0.29, 0.717) is 19.3 Å². The van der Waals surface area contributed by atoms with E-state index in [-0.39, 0.29) is 11.9 Å². The van der Waals surface area contributed by atoms with Crippen molar-refractivity contribution in [2.24, 2.45) is 0 Å². The Hall–Kier alpha value is -1.67. The highest BCUT2D eigenvalue weighted by Crippen LogP contribution is 2.33. The smallest absolute Gasteiger partial charge is 0.200 e. The van der Waals surface area contributed by atoms with Crippen molar-refractivity contribution in [1.29, 1.82) is 5.26 Å². The molecule has 0 amide bonds. The minimum Gasteiger partial charge on any atom is -0.487 e. The summed E-state index contributed by atoms with van der Waals surface area (Å²) >= 11 is 0. The third kappa shape index (κ3) is 2.29. The Balaban J connectivity index is 2.09. The van der Waals surface area contributed by atoms with Gasteiger partial charge in [-0.2, -0.15) is 9.65 Å². The molecule has 0 bridgehead atoms. The highest BCUT2D eigenvalue weighted by molar-refractivity contribution is 5.26. The maximum absolute atomic E-state index is 13.4. The lowest BCUT2D eigenvalue weighted by molar-refractivity contribution is 0.191. The van der Waals surface area contributed by atoms with E-state index in [9.17, 15) is 8.78 Å². The molecule has 2 unspecified atom stereocenters. The first-order valence-electron chi connectivity index (χ1n) is 5.81. The van der Waals surface area contributed by atoms with Gasteiger partial charge < -0.3 is 10.1 Å². The molecule has 0 heterocycles. The number of rotatable bonds is 3. The molecule has 0 spiro atoms. The van der Waals surface area contributed by atoms with E-state index in [2.05, 4.69) is 11.4 Å². The lowest BCUT2D eigenvalue weighted by atomic mass is 10.0. The second-order valence-corrected chi connectivity index (χ2v) is 4.48. The van der Waals surface area contributed by atoms with Gasteiger partial charge in [0.1, 0.15) is 11.6 Å². The van der Waals surface area contributed by atoms with Crippen molar-refractivity contribution in [2.45, 2.75) is 30.9 Å². The average Bonchev–Trinajstić information content (AvgIpc) is 2.79. The van der Waals surface area contributed by atoms with Crippen molar-refractivity contribution in [3.05, 3.63) is 29.8 Å². The predicted octanol–water partition coefficient (Wildman–Crippen LogP) is 2.38. The van der Waals surface area contributed by atoms with Crippen molar-refractivity contribution in [3.63, 3.8) is 0 Å². The lowest BCUT2D eigenvalue weighted by Gasteiger charge is -2.20. The maximum atomic E-state index is 13.4. The SMILES string of the molecule is CNC1(C#N)CCC(Oc2cccc(F)c2F)C1. The summed E-state index contributed by atoms with van der Waals surface area (Å²) in [6.07, 6.45) is 1.48. The van der Waals surface area contributed by atoms with Crippen molar-refractivity contribution >= 4 is 0 Å². The van der Waals surface area contributed by atoms with Gasteiger partial charge in [-0.1, -0.05) is 6.07 Å². The zero-order valence-electron chi connectivity index (χ0n) is 10.0. The van der Waals surface area contributed by atoms with Crippen molar-refractivity contribution in [2.75, 3.05) is 7.05 Å². The van der Waals surface area contributed by atoms with Gasteiger partial charge in [0.25, 0.3) is 0 Å². The molecule has 5 heteroatoms. The Morgan fingerprint density at radius 1 is 1.50 bits per heavy atom. The quantitative estimate of drug-likeness (QED) is 0.898. The van der Waals surface area contributed by atoms with Crippen molar-refractivity contribution in [3.8, 4) is 11.8 Å². The summed E-state index contributed by atoms with van der Waals surface area (Å²) in [6.45, 7) is 0. The molecular formula is C13H14F2N2O. The summed E-state index contributed by atoms with van der Waals surface area (Å²) in [4.78, 5) is 0. The molecule has 1 fully saturated rings. The number of nitrogens with one attached hydrogen (secondary N) is 1. The zero-order chi connectivity index (χ0) is 13.2. The first-order valence-corrected chi connectivity index (χ1v) is 5.81. The average molecular weight is 252 g/mol. The number of ether oxygens (including phenoxy) is 1. The highest BCUT2D eigenvalue weighted by atomic mass is 19.2. The Bertz CT molecular complexity index is 486. The molecular weight excluding hydrogens is 238 g/mol. The third-order valence-corrected chi connectivity index (χ3v) is 3.37. The minimum atomic E-state index is -0.976. The van der Waals surface area contributed by atoms with Crippen LogP contribution in [0.2, 0.25) is 0 Å². The van der Waals surface area contributed by atoms with Crippen molar-refractivity contribution < 1.29 is 13.5 Å². The van der Waals surface area contributed by atoms with Gasteiger partial charge in [-0.3, -0.25) is 0 Å². The fraction of sp³-hybridized carbons (Fsp3) is 0.462. The molecule has 2 rings (SSSR count). The van der Waals surface area contributed by atoms with E-state index < -0.39 is 17.2 Å².